The van der Waals surface area contributed by atoms with E-state index in [-0.39, 0.29) is 24.4 Å². The molecule has 2 N–H and O–H groups in total. The van der Waals surface area contributed by atoms with Crippen molar-refractivity contribution in [2.75, 3.05) is 0 Å². The topological polar surface area (TPSA) is 67.2 Å². The summed E-state index contributed by atoms with van der Waals surface area (Å²) in [5.74, 6) is 1.49. The Morgan fingerprint density at radius 3 is 3.00 bits per heavy atom. The number of nitrogens with one attached hydrogen (secondary N) is 2. The molecule has 6 heteroatoms. The third-order valence-electron chi connectivity index (χ3n) is 4.29. The van der Waals surface area contributed by atoms with E-state index in [9.17, 15) is 4.79 Å². The first kappa shape index (κ1) is 15.3. The number of carbonyl (C=O) groups is 1. The highest BCUT2D eigenvalue weighted by Crippen LogP contribution is 2.33. The average molecular weight is 300 g/mol. The Bertz CT molecular complexity index is 449. The van der Waals surface area contributed by atoms with Crippen LogP contribution in [0.4, 0.5) is 0 Å². The zero-order chi connectivity index (χ0) is 13.2. The first-order valence-electron chi connectivity index (χ1n) is 7.18. The fourth-order valence-electron chi connectivity index (χ4n) is 3.32. The highest BCUT2D eigenvalue weighted by molar-refractivity contribution is 5.85. The molecule has 1 amide bonds. The molecule has 1 aliphatic heterocycles. The minimum absolute atomic E-state index is 0. The van der Waals surface area contributed by atoms with E-state index in [1.807, 2.05) is 13.0 Å². The monoisotopic (exact) mass is 299 g/mol. The number of hydrogen-bond donors (Lipinski definition) is 2. The lowest BCUT2D eigenvalue weighted by atomic mass is 9.85. The van der Waals surface area contributed by atoms with Gasteiger partial charge in [0.2, 0.25) is 5.91 Å². The predicted molar refractivity (Wildman–Crippen MR) is 77.6 cm³/mol. The van der Waals surface area contributed by atoms with Gasteiger partial charge in [0.05, 0.1) is 18.3 Å². The Balaban J connectivity index is 0.00000147. The lowest BCUT2D eigenvalue weighted by molar-refractivity contribution is -0.123. The summed E-state index contributed by atoms with van der Waals surface area (Å²) in [6.07, 6.45) is 6.07. The normalized spacial score (nSPS) is 28.6. The van der Waals surface area contributed by atoms with E-state index >= 15 is 0 Å². The van der Waals surface area contributed by atoms with Crippen LogP contribution in [0.25, 0.3) is 0 Å². The zero-order valence-corrected chi connectivity index (χ0v) is 12.5. The van der Waals surface area contributed by atoms with Crippen LogP contribution in [0.3, 0.4) is 0 Å². The van der Waals surface area contributed by atoms with Crippen molar-refractivity contribution in [3.05, 3.63) is 17.5 Å². The standard InChI is InChI=1S/C14H21N3O2.ClH/c1-9-6-11(19-17-9)8-15-14(18)13-7-10-4-2-3-5-12(10)16-13;/h6,10,12-13,16H,2-5,7-8H2,1H3,(H,15,18);1H. The van der Waals surface area contributed by atoms with E-state index in [1.165, 1.54) is 25.7 Å². The van der Waals surface area contributed by atoms with Gasteiger partial charge in [-0.3, -0.25) is 4.79 Å². The lowest BCUT2D eigenvalue weighted by Crippen LogP contribution is -2.42. The van der Waals surface area contributed by atoms with Gasteiger partial charge in [0.15, 0.2) is 5.76 Å². The molecule has 3 unspecified atom stereocenters. The molecule has 3 atom stereocenters. The maximum atomic E-state index is 12.1. The Morgan fingerprint density at radius 1 is 1.50 bits per heavy atom. The van der Waals surface area contributed by atoms with Crippen molar-refractivity contribution in [2.45, 2.75) is 57.7 Å². The van der Waals surface area contributed by atoms with Crippen molar-refractivity contribution >= 4 is 18.3 Å². The number of aromatic nitrogens is 1. The number of hydrogen-bond acceptors (Lipinski definition) is 4. The molecule has 0 radical (unpaired) electrons. The van der Waals surface area contributed by atoms with E-state index in [4.69, 9.17) is 4.52 Å². The van der Waals surface area contributed by atoms with Crippen LogP contribution in [0.1, 0.15) is 43.6 Å². The van der Waals surface area contributed by atoms with Crippen LogP contribution in [0.5, 0.6) is 0 Å². The molecule has 1 saturated heterocycles. The van der Waals surface area contributed by atoms with Crippen LogP contribution in [0.15, 0.2) is 10.6 Å². The highest BCUT2D eigenvalue weighted by Gasteiger charge is 2.38. The highest BCUT2D eigenvalue weighted by atomic mass is 35.5. The maximum Gasteiger partial charge on any atom is 0.237 e. The summed E-state index contributed by atoms with van der Waals surface area (Å²) in [7, 11) is 0. The van der Waals surface area contributed by atoms with Crippen molar-refractivity contribution in [1.82, 2.24) is 15.8 Å². The van der Waals surface area contributed by atoms with E-state index in [1.54, 1.807) is 0 Å². The molecule has 2 aliphatic rings. The number of halogens is 1. The van der Waals surface area contributed by atoms with E-state index in [0.717, 1.165) is 12.1 Å². The molecule has 1 saturated carbocycles. The van der Waals surface area contributed by atoms with Crippen LogP contribution in [0.2, 0.25) is 0 Å². The van der Waals surface area contributed by atoms with Gasteiger partial charge in [-0.25, -0.2) is 0 Å². The Kier molecular flexibility index (Phi) is 5.05. The lowest BCUT2D eigenvalue weighted by Gasteiger charge is -2.24. The molecule has 0 spiro atoms. The number of aryl methyl sites for hydroxylation is 1. The molecule has 1 aromatic heterocycles. The van der Waals surface area contributed by atoms with Crippen LogP contribution in [-0.4, -0.2) is 23.1 Å². The second-order valence-corrected chi connectivity index (χ2v) is 5.76. The molecule has 20 heavy (non-hydrogen) atoms. The first-order chi connectivity index (χ1) is 9.22. The summed E-state index contributed by atoms with van der Waals surface area (Å²) < 4.78 is 5.09. The molecule has 5 nitrogen and oxygen atoms in total. The van der Waals surface area contributed by atoms with Gasteiger partial charge in [0.1, 0.15) is 0 Å². The van der Waals surface area contributed by atoms with E-state index < -0.39 is 0 Å². The number of amides is 1. The van der Waals surface area contributed by atoms with Crippen molar-refractivity contribution < 1.29 is 9.32 Å². The molecule has 0 bridgehead atoms. The SMILES string of the molecule is Cc1cc(CNC(=O)C2CC3CCCCC3N2)on1.Cl. The summed E-state index contributed by atoms with van der Waals surface area (Å²) in [6.45, 7) is 2.30. The van der Waals surface area contributed by atoms with Gasteiger partial charge in [0.25, 0.3) is 0 Å². The van der Waals surface area contributed by atoms with E-state index in [0.29, 0.717) is 24.3 Å². The second kappa shape index (κ2) is 6.59. The number of nitrogens with zero attached hydrogens (tertiary/aromatic N) is 1. The maximum absolute atomic E-state index is 12.1. The summed E-state index contributed by atoms with van der Waals surface area (Å²) >= 11 is 0. The van der Waals surface area contributed by atoms with Crippen molar-refractivity contribution in [1.29, 1.82) is 0 Å². The molecular weight excluding hydrogens is 278 g/mol. The molecule has 2 heterocycles. The molecule has 1 aromatic rings. The van der Waals surface area contributed by atoms with Crippen LogP contribution in [0, 0.1) is 12.8 Å². The minimum Gasteiger partial charge on any atom is -0.359 e. The summed E-state index contributed by atoms with van der Waals surface area (Å²) in [6, 6.07) is 2.37. The molecule has 1 aliphatic carbocycles. The van der Waals surface area contributed by atoms with Crippen molar-refractivity contribution in [3.8, 4) is 0 Å². The molecule has 3 rings (SSSR count). The molecular formula is C14H22ClN3O2. The molecule has 0 aromatic carbocycles. The van der Waals surface area contributed by atoms with Gasteiger partial charge in [-0.15, -0.1) is 12.4 Å². The smallest absolute Gasteiger partial charge is 0.237 e. The Hall–Kier alpha value is -1.07. The summed E-state index contributed by atoms with van der Waals surface area (Å²) in [5, 5.41) is 10.2. The van der Waals surface area contributed by atoms with Gasteiger partial charge in [-0.05, 0) is 32.1 Å². The zero-order valence-electron chi connectivity index (χ0n) is 11.7. The fraction of sp³-hybridized carbons (Fsp3) is 0.714. The van der Waals surface area contributed by atoms with Crippen molar-refractivity contribution in [3.63, 3.8) is 0 Å². The fourth-order valence-corrected chi connectivity index (χ4v) is 3.32. The summed E-state index contributed by atoms with van der Waals surface area (Å²) in [5.41, 5.74) is 0.842. The van der Waals surface area contributed by atoms with Crippen LogP contribution < -0.4 is 10.6 Å². The number of rotatable bonds is 3. The average Bonchev–Trinajstić information content (AvgIpc) is 3.01. The van der Waals surface area contributed by atoms with Crippen LogP contribution in [-0.2, 0) is 11.3 Å². The Morgan fingerprint density at radius 2 is 2.30 bits per heavy atom. The quantitative estimate of drug-likeness (QED) is 0.895. The minimum atomic E-state index is -0.0304. The third-order valence-corrected chi connectivity index (χ3v) is 4.29. The van der Waals surface area contributed by atoms with Gasteiger partial charge in [0, 0.05) is 12.1 Å². The van der Waals surface area contributed by atoms with Crippen molar-refractivity contribution in [2.24, 2.45) is 5.92 Å². The van der Waals surface area contributed by atoms with Gasteiger partial charge in [-0.1, -0.05) is 18.0 Å². The third kappa shape index (κ3) is 3.33. The van der Waals surface area contributed by atoms with E-state index in [2.05, 4.69) is 15.8 Å². The predicted octanol–water partition coefficient (Wildman–Crippen LogP) is 1.94. The molecule has 112 valence electrons. The van der Waals surface area contributed by atoms with Gasteiger partial charge >= 0.3 is 0 Å². The number of fused-ring (bicyclic) bond motifs is 1. The number of carbonyl (C=O) groups excluding carboxylic acids is 1. The van der Waals surface area contributed by atoms with Crippen LogP contribution >= 0.6 is 12.4 Å². The van der Waals surface area contributed by atoms with Gasteiger partial charge < -0.3 is 15.2 Å². The largest absolute Gasteiger partial charge is 0.359 e. The second-order valence-electron chi connectivity index (χ2n) is 5.76. The summed E-state index contributed by atoms with van der Waals surface area (Å²) in [4.78, 5) is 12.1. The first-order valence-corrected chi connectivity index (χ1v) is 7.18. The van der Waals surface area contributed by atoms with Gasteiger partial charge in [-0.2, -0.15) is 0 Å². The molecule has 2 fully saturated rings. The Labute approximate surface area is 125 Å².